The van der Waals surface area contributed by atoms with E-state index in [1.165, 1.54) is 17.2 Å². The normalized spacial score (nSPS) is 35.4. The van der Waals surface area contributed by atoms with Crippen LogP contribution in [0.2, 0.25) is 0 Å². The molecule has 8 nitrogen and oxygen atoms in total. The zero-order valence-corrected chi connectivity index (χ0v) is 19.4. The minimum Gasteiger partial charge on any atom is -0.404 e. The topological polar surface area (TPSA) is 108 Å². The van der Waals surface area contributed by atoms with E-state index in [1.807, 2.05) is 6.92 Å². The Morgan fingerprint density at radius 1 is 1.42 bits per heavy atom. The lowest BCUT2D eigenvalue weighted by molar-refractivity contribution is -0.199. The summed E-state index contributed by atoms with van der Waals surface area (Å²) in [6, 6.07) is -0.594. The zero-order chi connectivity index (χ0) is 21.4. The molecule has 3 saturated carbocycles. The maximum Gasteiger partial charge on any atom is 0.481 e. The van der Waals surface area contributed by atoms with Crippen molar-refractivity contribution in [3.8, 4) is 0 Å². The Kier molecular flexibility index (Phi) is 5.46. The molecule has 3 aliphatic carbocycles. The number of hydrogen-bond donors (Lipinski definition) is 2. The van der Waals surface area contributed by atoms with Crippen molar-refractivity contribution in [2.45, 2.75) is 83.5 Å². The lowest BCUT2D eigenvalue weighted by Gasteiger charge is -2.64. The van der Waals surface area contributed by atoms with Gasteiger partial charge in [-0.2, -0.15) is 0 Å². The summed E-state index contributed by atoms with van der Waals surface area (Å²) in [5.41, 5.74) is 5.41. The summed E-state index contributed by atoms with van der Waals surface area (Å²) in [6.07, 6.45) is 5.45. The highest BCUT2D eigenvalue weighted by atomic mass is 35.5. The first-order valence-corrected chi connectivity index (χ1v) is 11.2. The molecule has 0 radical (unpaired) electrons. The Balaban J connectivity index is 0.00000231. The molecule has 1 aromatic rings. The van der Waals surface area contributed by atoms with Crippen LogP contribution in [0.5, 0.6) is 0 Å². The Morgan fingerprint density at radius 3 is 2.84 bits per heavy atom. The second kappa shape index (κ2) is 7.49. The van der Waals surface area contributed by atoms with Crippen molar-refractivity contribution >= 4 is 31.1 Å². The molecule has 170 valence electrons. The summed E-state index contributed by atoms with van der Waals surface area (Å²) in [5.74, 6) is 1.29. The number of nitrogens with one attached hydrogen (secondary N) is 1. The minimum atomic E-state index is -0.594. The molecule has 1 aromatic heterocycles. The molecule has 31 heavy (non-hydrogen) atoms. The summed E-state index contributed by atoms with van der Waals surface area (Å²) in [5, 5.41) is 3.10. The van der Waals surface area contributed by atoms with Gasteiger partial charge in [-0.25, -0.2) is 4.98 Å². The fraction of sp³-hybridized carbons (Fsp3) is 0.762. The van der Waals surface area contributed by atoms with Gasteiger partial charge < -0.3 is 20.4 Å². The largest absolute Gasteiger partial charge is 0.481 e. The van der Waals surface area contributed by atoms with E-state index in [0.717, 1.165) is 6.42 Å². The van der Waals surface area contributed by atoms with Gasteiger partial charge in [0.2, 0.25) is 5.91 Å². The van der Waals surface area contributed by atoms with Crippen LogP contribution in [0.1, 0.15) is 65.2 Å². The maximum absolute atomic E-state index is 13.1. The number of nitrogens with zero attached hydrogens (tertiary/aromatic N) is 2. The smallest absolute Gasteiger partial charge is 0.404 e. The molecule has 5 aliphatic rings. The SMILES string of the molecule is CC[C@H](NC(=O)[C@@H]1CCc2ncc(N)c(=O)n21)B1O[C@@H]2C[C@@H]3C[C@@H](C3(C)C)[C@]2(C)O1.Cl. The van der Waals surface area contributed by atoms with E-state index in [0.29, 0.717) is 36.9 Å². The summed E-state index contributed by atoms with van der Waals surface area (Å²) in [6.45, 7) is 8.85. The summed E-state index contributed by atoms with van der Waals surface area (Å²) in [4.78, 5) is 29.8. The number of anilines is 1. The average molecular weight is 451 g/mol. The monoisotopic (exact) mass is 450 g/mol. The van der Waals surface area contributed by atoms with Gasteiger partial charge in [0, 0.05) is 6.42 Å². The number of aryl methyl sites for hydroxylation is 1. The van der Waals surface area contributed by atoms with Gasteiger partial charge in [0.05, 0.1) is 23.8 Å². The van der Waals surface area contributed by atoms with Crippen molar-refractivity contribution in [1.82, 2.24) is 14.9 Å². The quantitative estimate of drug-likeness (QED) is 0.678. The van der Waals surface area contributed by atoms with Gasteiger partial charge in [-0.05, 0) is 49.9 Å². The van der Waals surface area contributed by atoms with Gasteiger partial charge in [0.1, 0.15) is 17.6 Å². The van der Waals surface area contributed by atoms with Crippen molar-refractivity contribution in [3.63, 3.8) is 0 Å². The highest BCUT2D eigenvalue weighted by Crippen LogP contribution is 2.65. The maximum atomic E-state index is 13.1. The molecule has 0 spiro atoms. The number of rotatable bonds is 4. The van der Waals surface area contributed by atoms with E-state index in [1.54, 1.807) is 0 Å². The number of hydrogen-bond acceptors (Lipinski definition) is 6. The molecule has 6 atom stereocenters. The third-order valence-corrected chi connectivity index (χ3v) is 8.42. The highest BCUT2D eigenvalue weighted by Gasteiger charge is 2.68. The molecular formula is C21H32BClN4O4. The van der Waals surface area contributed by atoms with Crippen LogP contribution in [0, 0.1) is 17.3 Å². The molecule has 2 bridgehead atoms. The number of aromatic nitrogens is 2. The molecule has 4 fully saturated rings. The van der Waals surface area contributed by atoms with Crippen molar-refractivity contribution in [3.05, 3.63) is 22.4 Å². The van der Waals surface area contributed by atoms with E-state index in [-0.39, 0.29) is 52.6 Å². The van der Waals surface area contributed by atoms with Crippen molar-refractivity contribution in [2.24, 2.45) is 17.3 Å². The lowest BCUT2D eigenvalue weighted by atomic mass is 9.43. The van der Waals surface area contributed by atoms with E-state index in [4.69, 9.17) is 15.0 Å². The zero-order valence-electron chi connectivity index (χ0n) is 18.6. The number of halogens is 1. The second-order valence-corrected chi connectivity index (χ2v) is 10.2. The van der Waals surface area contributed by atoms with E-state index in [9.17, 15) is 9.59 Å². The van der Waals surface area contributed by atoms with Crippen LogP contribution >= 0.6 is 12.4 Å². The van der Waals surface area contributed by atoms with Crippen LogP contribution in [-0.4, -0.2) is 40.2 Å². The third-order valence-electron chi connectivity index (χ3n) is 8.42. The van der Waals surface area contributed by atoms with Crippen LogP contribution in [0.15, 0.2) is 11.0 Å². The van der Waals surface area contributed by atoms with Crippen molar-refractivity contribution in [2.75, 3.05) is 5.73 Å². The molecule has 0 aromatic carbocycles. The average Bonchev–Trinajstić information content (AvgIpc) is 3.29. The first-order chi connectivity index (χ1) is 14.2. The Hall–Kier alpha value is -1.58. The van der Waals surface area contributed by atoms with E-state index in [2.05, 4.69) is 31.1 Å². The van der Waals surface area contributed by atoms with Crippen LogP contribution in [-0.2, 0) is 20.5 Å². The predicted molar refractivity (Wildman–Crippen MR) is 120 cm³/mol. The summed E-state index contributed by atoms with van der Waals surface area (Å²) in [7, 11) is -0.472. The number of amides is 1. The lowest BCUT2D eigenvalue weighted by Crippen LogP contribution is -2.65. The Labute approximate surface area is 189 Å². The number of fused-ring (bicyclic) bond motifs is 1. The molecule has 0 unspecified atom stereocenters. The fourth-order valence-electron chi connectivity index (χ4n) is 6.38. The van der Waals surface area contributed by atoms with E-state index >= 15 is 0 Å². The van der Waals surface area contributed by atoms with Crippen LogP contribution < -0.4 is 16.6 Å². The first kappa shape index (κ1) is 22.6. The summed E-state index contributed by atoms with van der Waals surface area (Å²) >= 11 is 0. The molecule has 2 aliphatic heterocycles. The van der Waals surface area contributed by atoms with Gasteiger partial charge in [0.25, 0.3) is 5.56 Å². The van der Waals surface area contributed by atoms with Crippen LogP contribution in [0.25, 0.3) is 0 Å². The van der Waals surface area contributed by atoms with Crippen LogP contribution in [0.4, 0.5) is 5.69 Å². The Morgan fingerprint density at radius 2 is 2.16 bits per heavy atom. The van der Waals surface area contributed by atoms with Gasteiger partial charge >= 0.3 is 7.12 Å². The fourth-order valence-corrected chi connectivity index (χ4v) is 6.38. The molecular weight excluding hydrogens is 419 g/mol. The molecule has 3 heterocycles. The number of carbonyl (C=O) groups excluding carboxylic acids is 1. The minimum absolute atomic E-state index is 0. The van der Waals surface area contributed by atoms with Gasteiger partial charge in [-0.1, -0.05) is 20.8 Å². The van der Waals surface area contributed by atoms with Crippen molar-refractivity contribution in [1.29, 1.82) is 0 Å². The molecule has 1 amide bonds. The predicted octanol–water partition coefficient (Wildman–Crippen LogP) is 1.90. The first-order valence-electron chi connectivity index (χ1n) is 11.2. The van der Waals surface area contributed by atoms with Crippen LogP contribution in [0.3, 0.4) is 0 Å². The standard InChI is InChI=1S/C21H31BN4O4.ClH/c1-5-16(22-29-15-9-11-8-14(20(11,2)3)21(15,4)30-22)25-18(27)13-6-7-17-24-10-12(23)19(28)26(13)17;/h10-11,13-16H,5-9,23H2,1-4H3,(H,25,27);1H/t11-,13-,14-,15+,16-,21-;/m0./s1. The molecule has 6 rings (SSSR count). The third kappa shape index (κ3) is 3.15. The molecule has 10 heteroatoms. The van der Waals surface area contributed by atoms with Gasteiger partial charge in [-0.3, -0.25) is 14.2 Å². The molecule has 1 saturated heterocycles. The highest BCUT2D eigenvalue weighted by molar-refractivity contribution is 6.47. The van der Waals surface area contributed by atoms with Gasteiger partial charge in [-0.15, -0.1) is 12.4 Å². The number of carbonyl (C=O) groups is 1. The van der Waals surface area contributed by atoms with E-state index < -0.39 is 13.2 Å². The number of nitrogen functional groups attached to an aromatic ring is 1. The number of nitrogens with two attached hydrogens (primary N) is 1. The van der Waals surface area contributed by atoms with Gasteiger partial charge in [0.15, 0.2) is 0 Å². The second-order valence-electron chi connectivity index (χ2n) is 10.2. The summed E-state index contributed by atoms with van der Waals surface area (Å²) < 4.78 is 14.3. The molecule has 3 N–H and O–H groups in total. The van der Waals surface area contributed by atoms with Crippen molar-refractivity contribution < 1.29 is 14.1 Å². The Bertz CT molecular complexity index is 956.